The highest BCUT2D eigenvalue weighted by molar-refractivity contribution is 7.92. The number of hydrogen-bond acceptors (Lipinski definition) is 5. The molecule has 0 saturated carbocycles. The van der Waals surface area contributed by atoms with Crippen molar-refractivity contribution in [3.63, 3.8) is 0 Å². The summed E-state index contributed by atoms with van der Waals surface area (Å²) in [5, 5.41) is 3.43. The first-order valence-electron chi connectivity index (χ1n) is 8.31. The zero-order valence-electron chi connectivity index (χ0n) is 14.9. The van der Waals surface area contributed by atoms with Crippen molar-refractivity contribution in [2.24, 2.45) is 0 Å². The van der Waals surface area contributed by atoms with Crippen LogP contribution < -0.4 is 14.3 Å². The SMILES string of the molecule is Cc1c(-c2cc(C(F)(F)F)nn2NS(=O)(=O)c2ccccc2)ccc2c1OCO2. The maximum atomic E-state index is 13.3. The molecule has 152 valence electrons. The van der Waals surface area contributed by atoms with Gasteiger partial charge in [-0.2, -0.15) is 31.2 Å². The highest BCUT2D eigenvalue weighted by Crippen LogP contribution is 2.41. The van der Waals surface area contributed by atoms with Gasteiger partial charge in [-0.25, -0.2) is 0 Å². The summed E-state index contributed by atoms with van der Waals surface area (Å²) in [6.45, 7) is 1.63. The number of nitrogens with zero attached hydrogens (tertiary/aromatic N) is 2. The lowest BCUT2D eigenvalue weighted by atomic mass is 10.0. The van der Waals surface area contributed by atoms with Crippen LogP contribution in [0.5, 0.6) is 11.5 Å². The van der Waals surface area contributed by atoms with Crippen molar-refractivity contribution in [1.29, 1.82) is 0 Å². The van der Waals surface area contributed by atoms with Gasteiger partial charge in [0.1, 0.15) is 0 Å². The van der Waals surface area contributed by atoms with Crippen LogP contribution in [0.4, 0.5) is 13.2 Å². The maximum absolute atomic E-state index is 13.3. The molecule has 11 heteroatoms. The summed E-state index contributed by atoms with van der Waals surface area (Å²) in [5.74, 6) is 0.841. The van der Waals surface area contributed by atoms with Crippen molar-refractivity contribution in [2.45, 2.75) is 18.0 Å². The van der Waals surface area contributed by atoms with Crippen LogP contribution in [0.2, 0.25) is 0 Å². The summed E-state index contributed by atoms with van der Waals surface area (Å²) in [6, 6.07) is 11.1. The normalized spacial score (nSPS) is 13.5. The van der Waals surface area contributed by atoms with Gasteiger partial charge in [0.25, 0.3) is 10.0 Å². The fraction of sp³-hybridized carbons (Fsp3) is 0.167. The number of aromatic nitrogens is 2. The van der Waals surface area contributed by atoms with Crippen molar-refractivity contribution in [2.75, 3.05) is 11.6 Å². The van der Waals surface area contributed by atoms with E-state index in [9.17, 15) is 21.6 Å². The van der Waals surface area contributed by atoms with Gasteiger partial charge in [-0.1, -0.05) is 18.2 Å². The van der Waals surface area contributed by atoms with E-state index in [0.29, 0.717) is 27.4 Å². The predicted octanol–water partition coefficient (Wildman–Crippen LogP) is 3.54. The van der Waals surface area contributed by atoms with Crippen molar-refractivity contribution in [3.05, 3.63) is 59.8 Å². The first-order valence-corrected chi connectivity index (χ1v) is 9.80. The summed E-state index contributed by atoms with van der Waals surface area (Å²) in [5.41, 5.74) is -0.519. The summed E-state index contributed by atoms with van der Waals surface area (Å²) in [4.78, 5) is 2.59. The Morgan fingerprint density at radius 2 is 1.83 bits per heavy atom. The molecule has 0 fully saturated rings. The van der Waals surface area contributed by atoms with E-state index in [0.717, 1.165) is 6.07 Å². The molecule has 0 radical (unpaired) electrons. The third-order valence-electron chi connectivity index (χ3n) is 4.32. The van der Waals surface area contributed by atoms with Crippen molar-refractivity contribution < 1.29 is 31.1 Å². The molecule has 3 aromatic rings. The molecular formula is C18H14F3N3O4S. The Hall–Kier alpha value is -3.21. The van der Waals surface area contributed by atoms with Crippen LogP contribution >= 0.6 is 0 Å². The van der Waals surface area contributed by atoms with Gasteiger partial charge in [-0.05, 0) is 37.3 Å². The van der Waals surface area contributed by atoms with Crippen molar-refractivity contribution in [3.8, 4) is 22.8 Å². The predicted molar refractivity (Wildman–Crippen MR) is 96.5 cm³/mol. The van der Waals surface area contributed by atoms with Gasteiger partial charge in [0.05, 0.1) is 10.6 Å². The molecular weight excluding hydrogens is 411 g/mol. The molecule has 1 aliphatic heterocycles. The number of halogens is 3. The standard InChI is InChI=1S/C18H14F3N3O4S/c1-11-13(7-8-15-17(11)28-10-27-15)14-9-16(18(19,20)21)22-24(14)23-29(25,26)12-5-3-2-4-6-12/h2-9,23H,10H2,1H3. The van der Waals surface area contributed by atoms with E-state index in [1.807, 2.05) is 0 Å². The molecule has 0 spiro atoms. The Balaban J connectivity index is 1.84. The largest absolute Gasteiger partial charge is 0.454 e. The molecule has 1 aliphatic rings. The number of sulfonamides is 1. The minimum atomic E-state index is -4.76. The lowest BCUT2D eigenvalue weighted by Gasteiger charge is -2.13. The first kappa shape index (κ1) is 19.1. The van der Waals surface area contributed by atoms with E-state index in [2.05, 4.69) is 9.93 Å². The topological polar surface area (TPSA) is 82.5 Å². The van der Waals surface area contributed by atoms with Gasteiger partial charge in [0.2, 0.25) is 6.79 Å². The third kappa shape index (κ3) is 3.48. The van der Waals surface area contributed by atoms with Gasteiger partial charge in [0.15, 0.2) is 17.2 Å². The number of hydrogen-bond donors (Lipinski definition) is 1. The van der Waals surface area contributed by atoms with E-state index in [1.165, 1.54) is 30.3 Å². The zero-order valence-corrected chi connectivity index (χ0v) is 15.7. The number of alkyl halides is 3. The van der Waals surface area contributed by atoms with E-state index < -0.39 is 21.9 Å². The van der Waals surface area contributed by atoms with E-state index in [1.54, 1.807) is 19.1 Å². The Labute approximate surface area is 163 Å². The van der Waals surface area contributed by atoms with Gasteiger partial charge >= 0.3 is 6.18 Å². The molecule has 0 atom stereocenters. The molecule has 4 rings (SSSR count). The van der Waals surface area contributed by atoms with Crippen molar-refractivity contribution >= 4 is 10.0 Å². The van der Waals surface area contributed by atoms with Gasteiger partial charge in [0, 0.05) is 11.1 Å². The Kier molecular flexibility index (Phi) is 4.41. The second-order valence-electron chi connectivity index (χ2n) is 6.20. The Morgan fingerprint density at radius 3 is 2.52 bits per heavy atom. The molecule has 29 heavy (non-hydrogen) atoms. The fourth-order valence-corrected chi connectivity index (χ4v) is 3.92. The number of benzene rings is 2. The van der Waals surface area contributed by atoms with Crippen LogP contribution in [0.1, 0.15) is 11.3 Å². The van der Waals surface area contributed by atoms with Gasteiger partial charge < -0.3 is 9.47 Å². The van der Waals surface area contributed by atoms with Crippen molar-refractivity contribution in [1.82, 2.24) is 9.89 Å². The van der Waals surface area contributed by atoms with Gasteiger partial charge in [-0.3, -0.25) is 0 Å². The van der Waals surface area contributed by atoms with E-state index >= 15 is 0 Å². The van der Waals surface area contributed by atoms with Gasteiger partial charge in [-0.15, -0.1) is 5.10 Å². The molecule has 2 heterocycles. The van der Waals surface area contributed by atoms with Crippen LogP contribution in [0.25, 0.3) is 11.3 Å². The number of rotatable bonds is 4. The summed E-state index contributed by atoms with van der Waals surface area (Å²) in [7, 11) is -4.17. The highest BCUT2D eigenvalue weighted by Gasteiger charge is 2.36. The minimum Gasteiger partial charge on any atom is -0.454 e. The monoisotopic (exact) mass is 425 g/mol. The van der Waals surface area contributed by atoms with Crippen LogP contribution in [-0.2, 0) is 16.2 Å². The number of fused-ring (bicyclic) bond motifs is 1. The average Bonchev–Trinajstić information content (AvgIpc) is 3.30. The third-order valence-corrected chi connectivity index (χ3v) is 5.63. The van der Waals surface area contributed by atoms with E-state index in [4.69, 9.17) is 9.47 Å². The van der Waals surface area contributed by atoms with Crippen LogP contribution in [0, 0.1) is 6.92 Å². The average molecular weight is 425 g/mol. The zero-order chi connectivity index (χ0) is 20.8. The molecule has 0 amide bonds. The first-order chi connectivity index (χ1) is 13.7. The Bertz CT molecular complexity index is 1180. The summed E-state index contributed by atoms with van der Waals surface area (Å²) in [6.07, 6.45) is -4.76. The van der Waals surface area contributed by atoms with Crippen LogP contribution in [0.3, 0.4) is 0 Å². The second-order valence-corrected chi connectivity index (χ2v) is 7.86. The smallest absolute Gasteiger partial charge is 0.435 e. The molecule has 1 N–H and O–H groups in total. The fourth-order valence-electron chi connectivity index (χ4n) is 2.94. The molecule has 0 aliphatic carbocycles. The van der Waals surface area contributed by atoms with Crippen LogP contribution in [-0.4, -0.2) is 25.1 Å². The summed E-state index contributed by atoms with van der Waals surface area (Å²) >= 11 is 0. The maximum Gasteiger partial charge on any atom is 0.435 e. The molecule has 0 saturated heterocycles. The number of ether oxygens (including phenoxy) is 2. The quantitative estimate of drug-likeness (QED) is 0.692. The molecule has 1 aromatic heterocycles. The van der Waals surface area contributed by atoms with Crippen LogP contribution in [0.15, 0.2) is 53.4 Å². The minimum absolute atomic E-state index is 0.00662. The molecule has 2 aromatic carbocycles. The number of nitrogens with one attached hydrogen (secondary N) is 1. The molecule has 7 nitrogen and oxygen atoms in total. The summed E-state index contributed by atoms with van der Waals surface area (Å²) < 4.78 is 75.7. The molecule has 0 unspecified atom stereocenters. The molecule has 0 bridgehead atoms. The Morgan fingerprint density at radius 1 is 1.10 bits per heavy atom. The highest BCUT2D eigenvalue weighted by atomic mass is 32.2. The lowest BCUT2D eigenvalue weighted by Crippen LogP contribution is -2.25. The lowest BCUT2D eigenvalue weighted by molar-refractivity contribution is -0.141. The second kappa shape index (κ2) is 6.69. The van der Waals surface area contributed by atoms with E-state index in [-0.39, 0.29) is 17.4 Å².